The Morgan fingerprint density at radius 1 is 1.03 bits per heavy atom. The third-order valence-electron chi connectivity index (χ3n) is 8.07. The molecule has 1 aromatic carbocycles. The van der Waals surface area contributed by atoms with Gasteiger partial charge in [0, 0.05) is 30.6 Å². The van der Waals surface area contributed by atoms with Crippen LogP contribution in [-0.2, 0) is 22.6 Å². The zero-order chi connectivity index (χ0) is 22.9. The molecule has 0 radical (unpaired) electrons. The molecule has 0 bridgehead atoms. The molecule has 33 heavy (non-hydrogen) atoms. The number of carbonyl (C=O) groups excluding carboxylic acids is 3. The lowest BCUT2D eigenvalue weighted by Crippen LogP contribution is -2.52. The average molecular weight is 456 g/mol. The first kappa shape index (κ1) is 22.5. The Morgan fingerprint density at radius 3 is 2.64 bits per heavy atom. The van der Waals surface area contributed by atoms with Crippen molar-refractivity contribution in [1.29, 1.82) is 0 Å². The van der Waals surface area contributed by atoms with Gasteiger partial charge in [0.1, 0.15) is 12.2 Å². The molecule has 2 saturated carbocycles. The summed E-state index contributed by atoms with van der Waals surface area (Å²) in [6, 6.07) is 6.11. The first-order chi connectivity index (χ1) is 16.0. The molecule has 2 aliphatic carbocycles. The summed E-state index contributed by atoms with van der Waals surface area (Å²) < 4.78 is 14.3. The van der Waals surface area contributed by atoms with Crippen LogP contribution in [0.2, 0.25) is 0 Å². The van der Waals surface area contributed by atoms with E-state index in [0.717, 1.165) is 18.4 Å². The normalized spacial score (nSPS) is 30.9. The van der Waals surface area contributed by atoms with Gasteiger partial charge in [-0.05, 0) is 68.1 Å². The molecule has 3 amide bonds. The van der Waals surface area contributed by atoms with Crippen molar-refractivity contribution in [2.24, 2.45) is 5.92 Å². The quantitative estimate of drug-likeness (QED) is 0.667. The van der Waals surface area contributed by atoms with Gasteiger partial charge in [-0.3, -0.25) is 19.7 Å². The van der Waals surface area contributed by atoms with Crippen LogP contribution >= 0.6 is 0 Å². The number of rotatable bonds is 5. The number of hydrogen-bond donors (Lipinski definition) is 2. The van der Waals surface area contributed by atoms with Gasteiger partial charge >= 0.3 is 0 Å². The van der Waals surface area contributed by atoms with Crippen LogP contribution < -0.4 is 10.6 Å². The predicted octanol–water partition coefficient (Wildman–Crippen LogP) is 3.42. The molecule has 1 aromatic rings. The maximum atomic E-state index is 14.3. The van der Waals surface area contributed by atoms with Crippen molar-refractivity contribution in [2.45, 2.75) is 101 Å². The fourth-order valence-electron chi connectivity index (χ4n) is 6.26. The third kappa shape index (κ3) is 4.84. The molecule has 6 nitrogen and oxygen atoms in total. The van der Waals surface area contributed by atoms with E-state index >= 15 is 0 Å². The highest BCUT2D eigenvalue weighted by atomic mass is 19.1. The molecule has 1 unspecified atom stereocenters. The van der Waals surface area contributed by atoms with Crippen molar-refractivity contribution in [3.05, 3.63) is 34.9 Å². The fraction of sp³-hybridized carbons (Fsp3) is 0.654. The highest BCUT2D eigenvalue weighted by Crippen LogP contribution is 2.33. The summed E-state index contributed by atoms with van der Waals surface area (Å²) in [4.78, 5) is 38.3. The maximum absolute atomic E-state index is 14.3. The van der Waals surface area contributed by atoms with Gasteiger partial charge in [0.05, 0.1) is 0 Å². The second-order valence-corrected chi connectivity index (χ2v) is 10.4. The lowest BCUT2D eigenvalue weighted by atomic mass is 9.78. The molecule has 2 heterocycles. The van der Waals surface area contributed by atoms with Crippen molar-refractivity contribution in [3.8, 4) is 0 Å². The molecule has 3 fully saturated rings. The molecule has 2 aliphatic heterocycles. The molecule has 0 spiro atoms. The Labute approximate surface area is 194 Å². The number of benzene rings is 1. The second-order valence-electron chi connectivity index (χ2n) is 10.4. The number of piperidine rings is 1. The van der Waals surface area contributed by atoms with Crippen LogP contribution in [0, 0.1) is 5.92 Å². The lowest BCUT2D eigenvalue weighted by molar-refractivity contribution is -0.136. The van der Waals surface area contributed by atoms with Crippen molar-refractivity contribution >= 4 is 17.7 Å². The van der Waals surface area contributed by atoms with Gasteiger partial charge < -0.3 is 10.2 Å². The summed E-state index contributed by atoms with van der Waals surface area (Å²) in [6.07, 6.45) is 9.09. The van der Waals surface area contributed by atoms with Gasteiger partial charge in [0.15, 0.2) is 0 Å². The highest BCUT2D eigenvalue weighted by molar-refractivity contribution is 6.05. The van der Waals surface area contributed by atoms with Crippen molar-refractivity contribution < 1.29 is 18.8 Å². The Hall–Kier alpha value is -2.28. The Balaban J connectivity index is 1.27. The lowest BCUT2D eigenvalue weighted by Gasteiger charge is -2.38. The predicted molar refractivity (Wildman–Crippen MR) is 122 cm³/mol. The summed E-state index contributed by atoms with van der Waals surface area (Å²) in [5.74, 6) is -0.407. The third-order valence-corrected chi connectivity index (χ3v) is 8.07. The topological polar surface area (TPSA) is 78.5 Å². The smallest absolute Gasteiger partial charge is 0.255 e. The van der Waals surface area contributed by atoms with Crippen LogP contribution in [0.15, 0.2) is 18.2 Å². The number of halogens is 1. The van der Waals surface area contributed by atoms with Crippen LogP contribution in [0.25, 0.3) is 0 Å². The van der Waals surface area contributed by atoms with Gasteiger partial charge in [0.2, 0.25) is 11.8 Å². The summed E-state index contributed by atoms with van der Waals surface area (Å²) >= 11 is 0. The van der Waals surface area contributed by atoms with E-state index in [0.29, 0.717) is 43.3 Å². The SMILES string of the molecule is O=C1CCC(N2Cc3cc(C[C@H]4CC[C@@H](F)C[C@@H]4NC4CCCCC4)ccc3C2=O)C(=O)N1. The van der Waals surface area contributed by atoms with Crippen molar-refractivity contribution in [1.82, 2.24) is 15.5 Å². The molecule has 178 valence electrons. The summed E-state index contributed by atoms with van der Waals surface area (Å²) in [7, 11) is 0. The van der Waals surface area contributed by atoms with Gasteiger partial charge in [-0.2, -0.15) is 0 Å². The van der Waals surface area contributed by atoms with Gasteiger partial charge in [-0.15, -0.1) is 0 Å². The number of fused-ring (bicyclic) bond motifs is 1. The standard InChI is InChI=1S/C26H34FN3O3/c27-19-8-7-17(22(14-19)28-20-4-2-1-3-5-20)12-16-6-9-21-18(13-16)15-30(26(21)33)23-10-11-24(31)29-25(23)32/h6,9,13,17,19-20,22-23,28H,1-5,7-8,10-12,14-15H2,(H,29,31,32)/t17-,19-,22+,23?/m1/s1. The Kier molecular flexibility index (Phi) is 6.50. The Morgan fingerprint density at radius 2 is 1.85 bits per heavy atom. The van der Waals surface area contributed by atoms with E-state index in [1.165, 1.54) is 37.7 Å². The molecule has 7 heteroatoms. The Bertz CT molecular complexity index is 929. The molecule has 2 N–H and O–H groups in total. The van der Waals surface area contributed by atoms with Crippen molar-refractivity contribution in [2.75, 3.05) is 0 Å². The number of imide groups is 1. The van der Waals surface area contributed by atoms with Gasteiger partial charge in [0.25, 0.3) is 5.91 Å². The number of nitrogens with zero attached hydrogens (tertiary/aromatic N) is 1. The van der Waals surface area contributed by atoms with Crippen LogP contribution in [0.1, 0.15) is 85.7 Å². The number of amides is 3. The van der Waals surface area contributed by atoms with Gasteiger partial charge in [-0.1, -0.05) is 31.4 Å². The van der Waals surface area contributed by atoms with E-state index < -0.39 is 12.2 Å². The van der Waals surface area contributed by atoms with E-state index in [2.05, 4.69) is 16.7 Å². The molecule has 1 saturated heterocycles. The van der Waals surface area contributed by atoms with E-state index in [1.54, 1.807) is 4.90 Å². The first-order valence-corrected chi connectivity index (χ1v) is 12.6. The molecular formula is C26H34FN3O3. The monoisotopic (exact) mass is 455 g/mol. The van der Waals surface area contributed by atoms with E-state index in [9.17, 15) is 18.8 Å². The van der Waals surface area contributed by atoms with E-state index in [-0.39, 0.29) is 30.2 Å². The van der Waals surface area contributed by atoms with E-state index in [4.69, 9.17) is 0 Å². The van der Waals surface area contributed by atoms with Crippen LogP contribution in [-0.4, -0.2) is 46.9 Å². The number of hydrogen-bond acceptors (Lipinski definition) is 4. The molecule has 5 rings (SSSR count). The first-order valence-electron chi connectivity index (χ1n) is 12.6. The van der Waals surface area contributed by atoms with Crippen LogP contribution in [0.5, 0.6) is 0 Å². The van der Waals surface area contributed by atoms with Gasteiger partial charge in [-0.25, -0.2) is 4.39 Å². The zero-order valence-corrected chi connectivity index (χ0v) is 19.2. The molecule has 4 atom stereocenters. The largest absolute Gasteiger partial charge is 0.322 e. The zero-order valence-electron chi connectivity index (χ0n) is 19.2. The van der Waals surface area contributed by atoms with Crippen LogP contribution in [0.4, 0.5) is 4.39 Å². The summed E-state index contributed by atoms with van der Waals surface area (Å²) in [5, 5.41) is 6.15. The second kappa shape index (κ2) is 9.53. The average Bonchev–Trinajstić information content (AvgIpc) is 3.12. The van der Waals surface area contributed by atoms with Crippen molar-refractivity contribution in [3.63, 3.8) is 0 Å². The molecule has 4 aliphatic rings. The number of carbonyl (C=O) groups is 3. The van der Waals surface area contributed by atoms with Crippen LogP contribution in [0.3, 0.4) is 0 Å². The highest BCUT2D eigenvalue weighted by Gasteiger charge is 2.39. The molecular weight excluding hydrogens is 421 g/mol. The minimum atomic E-state index is -0.720. The maximum Gasteiger partial charge on any atom is 0.255 e. The summed E-state index contributed by atoms with van der Waals surface area (Å²) in [6.45, 7) is 0.398. The van der Waals surface area contributed by atoms with E-state index in [1.807, 2.05) is 12.1 Å². The minimum absolute atomic E-state index is 0.138. The minimum Gasteiger partial charge on any atom is -0.322 e. The molecule has 0 aromatic heterocycles. The fourth-order valence-corrected chi connectivity index (χ4v) is 6.26. The number of alkyl halides is 1. The number of nitrogens with one attached hydrogen (secondary N) is 2. The summed E-state index contributed by atoms with van der Waals surface area (Å²) in [5.41, 5.74) is 2.76.